The van der Waals surface area contributed by atoms with Crippen molar-refractivity contribution in [1.29, 1.82) is 0 Å². The predicted octanol–water partition coefficient (Wildman–Crippen LogP) is 6.68. The molecule has 1 N–H and O–H groups in total. The fourth-order valence-corrected chi connectivity index (χ4v) is 4.76. The average Bonchev–Trinajstić information content (AvgIpc) is 3.27. The third kappa shape index (κ3) is 5.50. The summed E-state index contributed by atoms with van der Waals surface area (Å²) in [5.74, 6) is 0. The van der Waals surface area contributed by atoms with Crippen molar-refractivity contribution in [3.8, 4) is 11.3 Å². The Bertz CT molecular complexity index is 1360. The van der Waals surface area contributed by atoms with Gasteiger partial charge in [-0.25, -0.2) is 18.4 Å². The summed E-state index contributed by atoms with van der Waals surface area (Å²) in [5.41, 5.74) is 2.83. The van der Waals surface area contributed by atoms with Crippen molar-refractivity contribution >= 4 is 56.1 Å². The van der Waals surface area contributed by atoms with Gasteiger partial charge in [-0.05, 0) is 42.0 Å². The standard InChI is InChI=1S/C24H18ClN3O2S2/c25-19-12-14-20(15-13-19)32(29,30)28-22-11-5-4-10-21(22)23-17-31-24(27-23)26-16-6-9-18-7-2-1-3-8-18/h1-17,28H/b9-6+,26-16+. The molecule has 5 nitrogen and oxygen atoms in total. The Labute approximate surface area is 195 Å². The molecule has 0 saturated heterocycles. The zero-order chi connectivity index (χ0) is 22.4. The number of anilines is 1. The quantitative estimate of drug-likeness (QED) is 0.300. The van der Waals surface area contributed by atoms with Gasteiger partial charge in [0.05, 0.1) is 16.3 Å². The van der Waals surface area contributed by atoms with Crippen LogP contribution in [0.3, 0.4) is 0 Å². The number of aromatic nitrogens is 1. The first-order valence-corrected chi connectivity index (χ1v) is 12.3. The predicted molar refractivity (Wildman–Crippen MR) is 133 cm³/mol. The lowest BCUT2D eigenvalue weighted by Gasteiger charge is -2.11. The van der Waals surface area contributed by atoms with Crippen molar-refractivity contribution in [2.75, 3.05) is 4.72 Å². The zero-order valence-electron chi connectivity index (χ0n) is 16.7. The maximum atomic E-state index is 12.8. The number of para-hydroxylation sites is 1. The van der Waals surface area contributed by atoms with Crippen molar-refractivity contribution in [3.05, 3.63) is 101 Å². The second-order valence-electron chi connectivity index (χ2n) is 6.67. The van der Waals surface area contributed by atoms with Crippen LogP contribution >= 0.6 is 22.9 Å². The van der Waals surface area contributed by atoms with E-state index in [1.54, 1.807) is 30.5 Å². The van der Waals surface area contributed by atoms with Crippen LogP contribution in [0, 0.1) is 0 Å². The molecule has 0 spiro atoms. The highest BCUT2D eigenvalue weighted by molar-refractivity contribution is 7.92. The van der Waals surface area contributed by atoms with E-state index in [0.717, 1.165) is 5.56 Å². The summed E-state index contributed by atoms with van der Waals surface area (Å²) in [6.45, 7) is 0. The second-order valence-corrected chi connectivity index (χ2v) is 9.62. The molecule has 0 fully saturated rings. The van der Waals surface area contributed by atoms with Crippen LogP contribution in [0.15, 0.2) is 100 Å². The summed E-state index contributed by atoms with van der Waals surface area (Å²) < 4.78 is 28.2. The molecule has 3 aromatic carbocycles. The van der Waals surface area contributed by atoms with Gasteiger partial charge in [0.25, 0.3) is 10.0 Å². The fraction of sp³-hybridized carbons (Fsp3) is 0. The number of halogens is 1. The van der Waals surface area contributed by atoms with E-state index in [-0.39, 0.29) is 4.90 Å². The summed E-state index contributed by atoms with van der Waals surface area (Å²) in [6, 6.07) is 23.1. The SMILES string of the molecule is O=S(=O)(Nc1ccccc1-c1csc(/N=C/C=C/c2ccccc2)n1)c1ccc(Cl)cc1. The van der Waals surface area contributed by atoms with Gasteiger partial charge < -0.3 is 0 Å². The van der Waals surface area contributed by atoms with E-state index in [4.69, 9.17) is 11.6 Å². The Morgan fingerprint density at radius 3 is 2.44 bits per heavy atom. The molecule has 32 heavy (non-hydrogen) atoms. The number of allylic oxidation sites excluding steroid dienone is 1. The number of hydrogen-bond donors (Lipinski definition) is 1. The summed E-state index contributed by atoms with van der Waals surface area (Å²) in [4.78, 5) is 9.04. The molecule has 0 aliphatic carbocycles. The summed E-state index contributed by atoms with van der Waals surface area (Å²) in [6.07, 6.45) is 5.49. The minimum atomic E-state index is -3.77. The van der Waals surface area contributed by atoms with E-state index in [1.807, 2.05) is 60.0 Å². The molecule has 0 bridgehead atoms. The van der Waals surface area contributed by atoms with E-state index >= 15 is 0 Å². The van der Waals surface area contributed by atoms with Gasteiger partial charge in [-0.2, -0.15) is 0 Å². The lowest BCUT2D eigenvalue weighted by molar-refractivity contribution is 0.601. The minimum absolute atomic E-state index is 0.130. The van der Waals surface area contributed by atoms with Crippen molar-refractivity contribution in [2.45, 2.75) is 4.90 Å². The second kappa shape index (κ2) is 9.91. The van der Waals surface area contributed by atoms with E-state index in [0.29, 0.717) is 27.1 Å². The van der Waals surface area contributed by atoms with Gasteiger partial charge in [-0.15, -0.1) is 11.3 Å². The van der Waals surface area contributed by atoms with Gasteiger partial charge in [0.2, 0.25) is 5.13 Å². The van der Waals surface area contributed by atoms with Crippen molar-refractivity contribution in [2.24, 2.45) is 4.99 Å². The molecule has 4 aromatic rings. The third-order valence-electron chi connectivity index (χ3n) is 4.42. The normalized spacial score (nSPS) is 11.9. The summed E-state index contributed by atoms with van der Waals surface area (Å²) in [5, 5.41) is 2.90. The maximum Gasteiger partial charge on any atom is 0.261 e. The lowest BCUT2D eigenvalue weighted by atomic mass is 10.1. The number of thiazole rings is 1. The van der Waals surface area contributed by atoms with Crippen molar-refractivity contribution < 1.29 is 8.42 Å². The molecule has 4 rings (SSSR count). The van der Waals surface area contributed by atoms with Crippen LogP contribution in [-0.4, -0.2) is 19.6 Å². The first kappa shape index (κ1) is 22.0. The number of hydrogen-bond acceptors (Lipinski definition) is 5. The molecular weight excluding hydrogens is 462 g/mol. The molecule has 160 valence electrons. The number of aliphatic imine (C=N–C) groups is 1. The van der Waals surface area contributed by atoms with Gasteiger partial charge in [0, 0.05) is 22.2 Å². The lowest BCUT2D eigenvalue weighted by Crippen LogP contribution is -2.13. The van der Waals surface area contributed by atoms with Gasteiger partial charge in [-0.3, -0.25) is 4.72 Å². The zero-order valence-corrected chi connectivity index (χ0v) is 19.1. The first-order valence-electron chi connectivity index (χ1n) is 9.60. The van der Waals surface area contributed by atoms with Gasteiger partial charge in [-0.1, -0.05) is 66.2 Å². The Balaban J connectivity index is 1.53. The Morgan fingerprint density at radius 1 is 0.938 bits per heavy atom. The van der Waals surface area contributed by atoms with Crippen LogP contribution in [0.5, 0.6) is 0 Å². The number of nitrogens with one attached hydrogen (secondary N) is 1. The molecule has 1 heterocycles. The third-order valence-corrected chi connectivity index (χ3v) is 6.80. The molecule has 0 saturated carbocycles. The largest absolute Gasteiger partial charge is 0.279 e. The number of sulfonamides is 1. The van der Waals surface area contributed by atoms with Crippen molar-refractivity contribution in [1.82, 2.24) is 4.98 Å². The number of benzene rings is 3. The molecule has 0 radical (unpaired) electrons. The smallest absolute Gasteiger partial charge is 0.261 e. The van der Waals surface area contributed by atoms with E-state index < -0.39 is 10.0 Å². The van der Waals surface area contributed by atoms with Gasteiger partial charge >= 0.3 is 0 Å². The highest BCUT2D eigenvalue weighted by Crippen LogP contribution is 2.32. The Kier molecular flexibility index (Phi) is 6.80. The maximum absolute atomic E-state index is 12.8. The minimum Gasteiger partial charge on any atom is -0.279 e. The molecule has 0 atom stereocenters. The van der Waals surface area contributed by atoms with Crippen LogP contribution in [0.4, 0.5) is 10.8 Å². The molecule has 0 aliphatic heterocycles. The van der Waals surface area contributed by atoms with E-state index in [9.17, 15) is 8.42 Å². The molecule has 0 unspecified atom stereocenters. The van der Waals surface area contributed by atoms with E-state index in [1.165, 1.54) is 23.5 Å². The van der Waals surface area contributed by atoms with Crippen LogP contribution < -0.4 is 4.72 Å². The monoisotopic (exact) mass is 479 g/mol. The van der Waals surface area contributed by atoms with Crippen LogP contribution in [-0.2, 0) is 10.0 Å². The van der Waals surface area contributed by atoms with Gasteiger partial charge in [0.15, 0.2) is 0 Å². The van der Waals surface area contributed by atoms with Crippen LogP contribution in [0.25, 0.3) is 17.3 Å². The molecule has 0 aliphatic rings. The van der Waals surface area contributed by atoms with Gasteiger partial charge in [0.1, 0.15) is 0 Å². The highest BCUT2D eigenvalue weighted by atomic mass is 35.5. The van der Waals surface area contributed by atoms with E-state index in [2.05, 4.69) is 14.7 Å². The molecule has 1 aromatic heterocycles. The first-order chi connectivity index (χ1) is 15.5. The Morgan fingerprint density at radius 2 is 1.66 bits per heavy atom. The highest BCUT2D eigenvalue weighted by Gasteiger charge is 2.17. The van der Waals surface area contributed by atoms with Crippen molar-refractivity contribution in [3.63, 3.8) is 0 Å². The average molecular weight is 480 g/mol. The number of rotatable bonds is 7. The Hall–Kier alpha value is -3.26. The molecular formula is C24H18ClN3O2S2. The number of nitrogens with zero attached hydrogens (tertiary/aromatic N) is 2. The fourth-order valence-electron chi connectivity index (χ4n) is 2.89. The summed E-state index contributed by atoms with van der Waals surface area (Å²) in [7, 11) is -3.77. The van der Waals surface area contributed by atoms with Crippen LogP contribution in [0.2, 0.25) is 5.02 Å². The molecule has 8 heteroatoms. The topological polar surface area (TPSA) is 71.4 Å². The summed E-state index contributed by atoms with van der Waals surface area (Å²) >= 11 is 7.25. The molecule has 0 amide bonds. The van der Waals surface area contributed by atoms with Crippen LogP contribution in [0.1, 0.15) is 5.56 Å².